The standard InChI is InChI=1S/C49H92NO8P/c1-3-5-7-9-11-13-15-17-19-21-22-23-24-26-28-30-32-34-36-38-40-42-49(52)58-47(46-57-59(53,54)56-44-43-50)45-55-48(51)41-39-37-35-33-31-29-27-25-20-18-16-14-12-10-8-6-4-2/h12,14,17-20,47H,3-11,13,15-16,21-46,50H2,1-2H3,(H,53,54)/b14-12-,19-17-,20-18-/t47-/m1/s1. The van der Waals surface area contributed by atoms with Gasteiger partial charge in [0, 0.05) is 19.4 Å². The summed E-state index contributed by atoms with van der Waals surface area (Å²) in [4.78, 5) is 35.0. The van der Waals surface area contributed by atoms with Crippen molar-refractivity contribution in [1.29, 1.82) is 0 Å². The molecule has 0 saturated heterocycles. The summed E-state index contributed by atoms with van der Waals surface area (Å²) in [5.41, 5.74) is 5.36. The monoisotopic (exact) mass is 854 g/mol. The number of phosphoric ester groups is 1. The largest absolute Gasteiger partial charge is 0.472 e. The fraction of sp³-hybridized carbons (Fsp3) is 0.837. The summed E-state index contributed by atoms with van der Waals surface area (Å²) in [6.07, 6.45) is 51.7. The highest BCUT2D eigenvalue weighted by molar-refractivity contribution is 7.47. The van der Waals surface area contributed by atoms with Gasteiger partial charge in [-0.25, -0.2) is 4.57 Å². The van der Waals surface area contributed by atoms with Crippen molar-refractivity contribution in [2.24, 2.45) is 5.73 Å². The van der Waals surface area contributed by atoms with Crippen LogP contribution in [-0.2, 0) is 32.7 Å². The fourth-order valence-corrected chi connectivity index (χ4v) is 7.60. The van der Waals surface area contributed by atoms with Gasteiger partial charge in [0.2, 0.25) is 0 Å². The first-order chi connectivity index (χ1) is 28.8. The average Bonchev–Trinajstić information content (AvgIpc) is 3.22. The average molecular weight is 854 g/mol. The highest BCUT2D eigenvalue weighted by Crippen LogP contribution is 2.43. The van der Waals surface area contributed by atoms with Gasteiger partial charge in [0.1, 0.15) is 6.61 Å². The molecule has 0 bridgehead atoms. The van der Waals surface area contributed by atoms with Gasteiger partial charge in [-0.15, -0.1) is 0 Å². The van der Waals surface area contributed by atoms with Crippen LogP contribution < -0.4 is 5.73 Å². The van der Waals surface area contributed by atoms with E-state index in [-0.39, 0.29) is 38.6 Å². The molecule has 0 rings (SSSR count). The lowest BCUT2D eigenvalue weighted by Gasteiger charge is -2.19. The molecule has 0 amide bonds. The van der Waals surface area contributed by atoms with E-state index in [1.165, 1.54) is 141 Å². The lowest BCUT2D eigenvalue weighted by molar-refractivity contribution is -0.161. The molecule has 1 unspecified atom stereocenters. The van der Waals surface area contributed by atoms with Crippen molar-refractivity contribution >= 4 is 19.8 Å². The Labute approximate surface area is 363 Å². The molecule has 0 aromatic heterocycles. The van der Waals surface area contributed by atoms with E-state index in [9.17, 15) is 19.0 Å². The van der Waals surface area contributed by atoms with Gasteiger partial charge in [0.15, 0.2) is 6.10 Å². The van der Waals surface area contributed by atoms with Crippen LogP contribution in [0.25, 0.3) is 0 Å². The second-order valence-electron chi connectivity index (χ2n) is 16.3. The van der Waals surface area contributed by atoms with E-state index in [1.807, 2.05) is 0 Å². The minimum atomic E-state index is -4.38. The number of carbonyl (C=O) groups excluding carboxylic acids is 2. The molecule has 0 fully saturated rings. The molecular weight excluding hydrogens is 762 g/mol. The first kappa shape index (κ1) is 57.2. The highest BCUT2D eigenvalue weighted by atomic mass is 31.2. The van der Waals surface area contributed by atoms with Gasteiger partial charge in [-0.3, -0.25) is 18.6 Å². The minimum Gasteiger partial charge on any atom is -0.462 e. The number of nitrogens with two attached hydrogens (primary N) is 1. The Morgan fingerprint density at radius 3 is 1.34 bits per heavy atom. The number of esters is 2. The number of carbonyl (C=O) groups is 2. The molecule has 0 aromatic carbocycles. The summed E-state index contributed by atoms with van der Waals surface area (Å²) in [5, 5.41) is 0. The van der Waals surface area contributed by atoms with Crippen LogP contribution in [0.2, 0.25) is 0 Å². The molecule has 0 aliphatic rings. The van der Waals surface area contributed by atoms with Crippen LogP contribution in [0, 0.1) is 0 Å². The maximum absolute atomic E-state index is 12.6. The van der Waals surface area contributed by atoms with Crippen molar-refractivity contribution in [2.45, 2.75) is 238 Å². The zero-order chi connectivity index (χ0) is 43.2. The second kappa shape index (κ2) is 45.7. The van der Waals surface area contributed by atoms with E-state index in [0.29, 0.717) is 6.42 Å². The Bertz CT molecular complexity index is 1060. The second-order valence-corrected chi connectivity index (χ2v) is 17.8. The fourth-order valence-electron chi connectivity index (χ4n) is 6.84. The predicted octanol–water partition coefficient (Wildman–Crippen LogP) is 14.5. The van der Waals surface area contributed by atoms with Crippen molar-refractivity contribution in [1.82, 2.24) is 0 Å². The summed E-state index contributed by atoms with van der Waals surface area (Å²) in [5.74, 6) is -0.832. The van der Waals surface area contributed by atoms with E-state index in [2.05, 4.69) is 50.3 Å². The Morgan fingerprint density at radius 1 is 0.508 bits per heavy atom. The summed E-state index contributed by atoms with van der Waals surface area (Å²) in [6.45, 7) is 3.72. The van der Waals surface area contributed by atoms with E-state index in [4.69, 9.17) is 24.3 Å². The molecule has 0 heterocycles. The third-order valence-electron chi connectivity index (χ3n) is 10.5. The summed E-state index contributed by atoms with van der Waals surface area (Å²) < 4.78 is 32.9. The Kier molecular flexibility index (Phi) is 44.4. The first-order valence-corrected chi connectivity index (χ1v) is 26.0. The zero-order valence-corrected chi connectivity index (χ0v) is 39.1. The number of rotatable bonds is 46. The molecule has 59 heavy (non-hydrogen) atoms. The molecule has 3 N–H and O–H groups in total. The number of allylic oxidation sites excluding steroid dienone is 6. The van der Waals surface area contributed by atoms with Crippen LogP contribution in [0.1, 0.15) is 232 Å². The first-order valence-electron chi connectivity index (χ1n) is 24.5. The molecule has 0 saturated carbocycles. The Hall–Kier alpha value is -1.77. The van der Waals surface area contributed by atoms with Crippen LogP contribution in [0.15, 0.2) is 36.5 Å². The third kappa shape index (κ3) is 45.6. The maximum atomic E-state index is 12.6. The topological polar surface area (TPSA) is 134 Å². The number of unbranched alkanes of at least 4 members (excludes halogenated alkanes) is 27. The summed E-state index contributed by atoms with van der Waals surface area (Å²) in [6, 6.07) is 0. The SMILES string of the molecule is CCCCC/C=C\C/C=C\CCCCCCCCCC(=O)OC[C@H](COP(=O)(O)OCCN)OC(=O)CCCCCCCCCCCCC/C=C\CCCCCCCC. The van der Waals surface area contributed by atoms with Crippen molar-refractivity contribution in [2.75, 3.05) is 26.4 Å². The van der Waals surface area contributed by atoms with Gasteiger partial charge in [-0.05, 0) is 70.6 Å². The molecule has 0 aliphatic carbocycles. The number of hydrogen-bond acceptors (Lipinski definition) is 8. The van der Waals surface area contributed by atoms with Crippen molar-refractivity contribution in [3.05, 3.63) is 36.5 Å². The predicted molar refractivity (Wildman–Crippen MR) is 247 cm³/mol. The number of hydrogen-bond donors (Lipinski definition) is 2. The van der Waals surface area contributed by atoms with Gasteiger partial charge in [0.25, 0.3) is 0 Å². The molecule has 346 valence electrons. The van der Waals surface area contributed by atoms with Crippen molar-refractivity contribution in [3.8, 4) is 0 Å². The van der Waals surface area contributed by atoms with Crippen LogP contribution in [0.4, 0.5) is 0 Å². The maximum Gasteiger partial charge on any atom is 0.472 e. The van der Waals surface area contributed by atoms with Gasteiger partial charge < -0.3 is 20.1 Å². The highest BCUT2D eigenvalue weighted by Gasteiger charge is 2.26. The normalized spacial score (nSPS) is 13.5. The van der Waals surface area contributed by atoms with Crippen molar-refractivity contribution < 1.29 is 37.6 Å². The van der Waals surface area contributed by atoms with Gasteiger partial charge in [-0.2, -0.15) is 0 Å². The molecular formula is C49H92NO8P. The van der Waals surface area contributed by atoms with E-state index < -0.39 is 26.5 Å². The smallest absolute Gasteiger partial charge is 0.462 e. The lowest BCUT2D eigenvalue weighted by Crippen LogP contribution is -2.29. The Morgan fingerprint density at radius 2 is 0.881 bits per heavy atom. The van der Waals surface area contributed by atoms with Crippen LogP contribution in [-0.4, -0.2) is 49.3 Å². The van der Waals surface area contributed by atoms with Crippen molar-refractivity contribution in [3.63, 3.8) is 0 Å². The molecule has 0 radical (unpaired) electrons. The zero-order valence-electron chi connectivity index (χ0n) is 38.2. The van der Waals surface area contributed by atoms with Crippen LogP contribution in [0.3, 0.4) is 0 Å². The van der Waals surface area contributed by atoms with Gasteiger partial charge in [-0.1, -0.05) is 185 Å². The van der Waals surface area contributed by atoms with E-state index in [1.54, 1.807) is 0 Å². The van der Waals surface area contributed by atoms with E-state index >= 15 is 0 Å². The number of phosphoric acid groups is 1. The lowest BCUT2D eigenvalue weighted by atomic mass is 10.0. The molecule has 2 atom stereocenters. The van der Waals surface area contributed by atoms with Gasteiger partial charge in [0.05, 0.1) is 13.2 Å². The molecule has 10 heteroatoms. The quantitative estimate of drug-likeness (QED) is 0.0265. The van der Waals surface area contributed by atoms with Crippen LogP contribution >= 0.6 is 7.82 Å². The molecule has 0 aromatic rings. The minimum absolute atomic E-state index is 0.0524. The van der Waals surface area contributed by atoms with E-state index in [0.717, 1.165) is 57.8 Å². The third-order valence-corrected chi connectivity index (χ3v) is 11.5. The molecule has 9 nitrogen and oxygen atoms in total. The summed E-state index contributed by atoms with van der Waals surface area (Å²) in [7, 11) is -4.38. The van der Waals surface area contributed by atoms with Gasteiger partial charge >= 0.3 is 19.8 Å². The van der Waals surface area contributed by atoms with Crippen LogP contribution in [0.5, 0.6) is 0 Å². The molecule has 0 spiro atoms. The molecule has 0 aliphatic heterocycles. The number of ether oxygens (including phenoxy) is 2. The summed E-state index contributed by atoms with van der Waals surface area (Å²) >= 11 is 0. The Balaban J connectivity index is 4.07.